The largest absolute Gasteiger partial charge is 0.493 e. The van der Waals surface area contributed by atoms with Crippen LogP contribution < -0.4 is 9.47 Å². The molecule has 0 atom stereocenters. The van der Waals surface area contributed by atoms with E-state index in [1.54, 1.807) is 12.1 Å². The summed E-state index contributed by atoms with van der Waals surface area (Å²) in [5.74, 6) is 0.902. The Kier molecular flexibility index (Phi) is 4.74. The van der Waals surface area contributed by atoms with Gasteiger partial charge < -0.3 is 14.6 Å². The zero-order chi connectivity index (χ0) is 14.4. The van der Waals surface area contributed by atoms with Crippen molar-refractivity contribution >= 4 is 6.29 Å². The monoisotopic (exact) mass is 272 g/mol. The highest BCUT2D eigenvalue weighted by Gasteiger charge is 2.13. The number of hydrogen-bond acceptors (Lipinski definition) is 4. The molecule has 0 aliphatic rings. The lowest BCUT2D eigenvalue weighted by Crippen LogP contribution is -2.02. The van der Waals surface area contributed by atoms with Gasteiger partial charge in [0.15, 0.2) is 11.5 Å². The highest BCUT2D eigenvalue weighted by Crippen LogP contribution is 2.33. The fraction of sp³-hybridized carbons (Fsp3) is 0.188. The molecule has 20 heavy (non-hydrogen) atoms. The topological polar surface area (TPSA) is 55.8 Å². The van der Waals surface area contributed by atoms with Crippen LogP contribution in [0.25, 0.3) is 0 Å². The molecule has 1 N–H and O–H groups in total. The molecule has 0 aromatic heterocycles. The fourth-order valence-corrected chi connectivity index (χ4v) is 1.91. The average Bonchev–Trinajstić information content (AvgIpc) is 2.52. The van der Waals surface area contributed by atoms with Crippen molar-refractivity contribution in [2.45, 2.75) is 13.2 Å². The predicted octanol–water partition coefficient (Wildman–Crippen LogP) is 2.58. The molecule has 0 saturated heterocycles. The molecule has 0 heterocycles. The van der Waals surface area contributed by atoms with E-state index in [-0.39, 0.29) is 6.61 Å². The van der Waals surface area contributed by atoms with Crippen molar-refractivity contribution in [2.24, 2.45) is 0 Å². The summed E-state index contributed by atoms with van der Waals surface area (Å²) in [6.45, 7) is 0.146. The Morgan fingerprint density at radius 2 is 1.95 bits per heavy atom. The van der Waals surface area contributed by atoms with Crippen LogP contribution in [0.5, 0.6) is 11.5 Å². The molecule has 0 unspecified atom stereocenters. The van der Waals surface area contributed by atoms with Crippen molar-refractivity contribution in [3.8, 4) is 11.5 Å². The van der Waals surface area contributed by atoms with Gasteiger partial charge in [0.2, 0.25) is 0 Å². The minimum Gasteiger partial charge on any atom is -0.493 e. The summed E-state index contributed by atoms with van der Waals surface area (Å²) in [5.41, 5.74) is 1.98. The van der Waals surface area contributed by atoms with E-state index in [2.05, 4.69) is 0 Å². The van der Waals surface area contributed by atoms with Crippen LogP contribution in [-0.2, 0) is 13.2 Å². The first-order valence-corrected chi connectivity index (χ1v) is 6.22. The number of benzene rings is 2. The van der Waals surface area contributed by atoms with Crippen LogP contribution in [0, 0.1) is 0 Å². The van der Waals surface area contributed by atoms with Gasteiger partial charge in [-0.05, 0) is 17.7 Å². The number of rotatable bonds is 6. The van der Waals surface area contributed by atoms with Gasteiger partial charge in [0, 0.05) is 11.1 Å². The predicted molar refractivity (Wildman–Crippen MR) is 75.1 cm³/mol. The van der Waals surface area contributed by atoms with Crippen molar-refractivity contribution < 1.29 is 19.4 Å². The van der Waals surface area contributed by atoms with E-state index in [0.29, 0.717) is 35.5 Å². The normalized spacial score (nSPS) is 10.1. The standard InChI is InChI=1S/C16H16O4/c1-19-15-8-13(9-17)7-14(10-18)16(15)20-11-12-5-3-2-4-6-12/h2-9,18H,10-11H2,1H3. The highest BCUT2D eigenvalue weighted by molar-refractivity contribution is 5.77. The summed E-state index contributed by atoms with van der Waals surface area (Å²) in [6, 6.07) is 12.9. The SMILES string of the molecule is COc1cc(C=O)cc(CO)c1OCc1ccccc1. The molecular weight excluding hydrogens is 256 g/mol. The maximum Gasteiger partial charge on any atom is 0.167 e. The van der Waals surface area contributed by atoms with Crippen LogP contribution in [-0.4, -0.2) is 18.5 Å². The molecule has 4 nitrogen and oxygen atoms in total. The first kappa shape index (κ1) is 14.1. The molecule has 0 spiro atoms. The second-order valence-corrected chi connectivity index (χ2v) is 4.26. The molecule has 0 amide bonds. The number of aliphatic hydroxyl groups excluding tert-OH is 1. The molecule has 0 saturated carbocycles. The van der Waals surface area contributed by atoms with Gasteiger partial charge in [-0.2, -0.15) is 0 Å². The lowest BCUT2D eigenvalue weighted by atomic mass is 10.1. The molecule has 0 radical (unpaired) electrons. The number of aliphatic hydroxyl groups is 1. The fourth-order valence-electron chi connectivity index (χ4n) is 1.91. The Morgan fingerprint density at radius 1 is 1.20 bits per heavy atom. The van der Waals surface area contributed by atoms with Crippen molar-refractivity contribution in [1.82, 2.24) is 0 Å². The third-order valence-electron chi connectivity index (χ3n) is 2.91. The molecular formula is C16H16O4. The maximum atomic E-state index is 10.9. The zero-order valence-electron chi connectivity index (χ0n) is 11.2. The molecule has 0 aliphatic carbocycles. The van der Waals surface area contributed by atoms with Crippen LogP contribution in [0.1, 0.15) is 21.5 Å². The third-order valence-corrected chi connectivity index (χ3v) is 2.91. The number of ether oxygens (including phenoxy) is 2. The Hall–Kier alpha value is -2.33. The van der Waals surface area contributed by atoms with Gasteiger partial charge in [-0.25, -0.2) is 0 Å². The Bertz CT molecular complexity index is 553. The second kappa shape index (κ2) is 6.73. The van der Waals surface area contributed by atoms with Crippen molar-refractivity contribution in [3.63, 3.8) is 0 Å². The van der Waals surface area contributed by atoms with Gasteiger partial charge in [0.1, 0.15) is 12.9 Å². The lowest BCUT2D eigenvalue weighted by Gasteiger charge is -2.15. The molecule has 0 bridgehead atoms. The molecule has 2 aromatic carbocycles. The highest BCUT2D eigenvalue weighted by atomic mass is 16.5. The minimum atomic E-state index is -0.220. The zero-order valence-corrected chi connectivity index (χ0v) is 11.2. The molecule has 104 valence electrons. The first-order valence-electron chi connectivity index (χ1n) is 6.22. The van der Waals surface area contributed by atoms with Gasteiger partial charge in [0.25, 0.3) is 0 Å². The number of carbonyl (C=O) groups is 1. The lowest BCUT2D eigenvalue weighted by molar-refractivity contribution is 0.112. The molecule has 4 heteroatoms. The molecule has 0 fully saturated rings. The van der Waals surface area contributed by atoms with Gasteiger partial charge in [-0.1, -0.05) is 30.3 Å². The maximum absolute atomic E-state index is 10.9. The first-order chi connectivity index (χ1) is 9.78. The van der Waals surface area contributed by atoms with E-state index < -0.39 is 0 Å². The minimum absolute atomic E-state index is 0.220. The summed E-state index contributed by atoms with van der Waals surface area (Å²) in [5, 5.41) is 9.40. The van der Waals surface area contributed by atoms with Crippen molar-refractivity contribution in [2.75, 3.05) is 7.11 Å². The van der Waals surface area contributed by atoms with Crippen LogP contribution in [0.3, 0.4) is 0 Å². The summed E-state index contributed by atoms with van der Waals surface area (Å²) in [7, 11) is 1.50. The number of carbonyl (C=O) groups excluding carboxylic acids is 1. The number of hydrogen-bond donors (Lipinski definition) is 1. The van der Waals surface area contributed by atoms with E-state index in [1.807, 2.05) is 30.3 Å². The van der Waals surface area contributed by atoms with E-state index in [1.165, 1.54) is 7.11 Å². The quantitative estimate of drug-likeness (QED) is 0.821. The van der Waals surface area contributed by atoms with E-state index >= 15 is 0 Å². The summed E-state index contributed by atoms with van der Waals surface area (Å²) in [4.78, 5) is 10.9. The third kappa shape index (κ3) is 3.16. The van der Waals surface area contributed by atoms with Gasteiger partial charge in [0.05, 0.1) is 13.7 Å². The van der Waals surface area contributed by atoms with Gasteiger partial charge in [-0.3, -0.25) is 4.79 Å². The number of methoxy groups -OCH3 is 1. The van der Waals surface area contributed by atoms with Crippen LogP contribution in [0.15, 0.2) is 42.5 Å². The Balaban J connectivity index is 2.27. The second-order valence-electron chi connectivity index (χ2n) is 4.26. The van der Waals surface area contributed by atoms with Crippen LogP contribution in [0.2, 0.25) is 0 Å². The van der Waals surface area contributed by atoms with Gasteiger partial charge >= 0.3 is 0 Å². The van der Waals surface area contributed by atoms with Crippen molar-refractivity contribution in [3.05, 3.63) is 59.2 Å². The summed E-state index contributed by atoms with van der Waals surface area (Å²) < 4.78 is 11.0. The smallest absolute Gasteiger partial charge is 0.167 e. The average molecular weight is 272 g/mol. The summed E-state index contributed by atoms with van der Waals surface area (Å²) in [6.07, 6.45) is 0.711. The number of aldehydes is 1. The summed E-state index contributed by atoms with van der Waals surface area (Å²) >= 11 is 0. The van der Waals surface area contributed by atoms with Crippen molar-refractivity contribution in [1.29, 1.82) is 0 Å². The Morgan fingerprint density at radius 3 is 2.55 bits per heavy atom. The van der Waals surface area contributed by atoms with E-state index in [0.717, 1.165) is 5.56 Å². The molecule has 2 rings (SSSR count). The van der Waals surface area contributed by atoms with Crippen LogP contribution in [0.4, 0.5) is 0 Å². The van der Waals surface area contributed by atoms with Gasteiger partial charge in [-0.15, -0.1) is 0 Å². The van der Waals surface area contributed by atoms with E-state index in [9.17, 15) is 9.90 Å². The molecule has 2 aromatic rings. The van der Waals surface area contributed by atoms with E-state index in [4.69, 9.17) is 9.47 Å². The molecule has 0 aliphatic heterocycles. The Labute approximate surface area is 117 Å². The van der Waals surface area contributed by atoms with Crippen LogP contribution >= 0.6 is 0 Å².